The average Bonchev–Trinajstić information content (AvgIpc) is 2.64. The van der Waals surface area contributed by atoms with Gasteiger partial charge in [0.2, 0.25) is 5.91 Å². The van der Waals surface area contributed by atoms with Crippen LogP contribution in [0.4, 0.5) is 0 Å². The Morgan fingerprint density at radius 1 is 1.16 bits per heavy atom. The number of amides is 1. The Hall–Kier alpha value is -1.11. The molecule has 0 aromatic heterocycles. The minimum Gasteiger partial charge on any atom is -0.379 e. The summed E-state index contributed by atoms with van der Waals surface area (Å²) in [6.45, 7) is 16.6. The standard InChI is InChI=1S/C19H37N5O/c1-4-21(3)10-15-24(5-2)19(25)17-23-13-11-22(12-14-23)16-18-6-8-20-9-7-18/h4,18,20H,1,5-17H2,2-3H3. The van der Waals surface area contributed by atoms with Crippen molar-refractivity contribution in [2.75, 3.05) is 79.0 Å². The molecule has 0 bridgehead atoms. The molecule has 0 aromatic rings. The summed E-state index contributed by atoms with van der Waals surface area (Å²) in [5.41, 5.74) is 0. The van der Waals surface area contributed by atoms with E-state index in [4.69, 9.17) is 0 Å². The first-order valence-electron chi connectivity index (χ1n) is 9.88. The van der Waals surface area contributed by atoms with Crippen LogP contribution < -0.4 is 5.32 Å². The molecule has 1 amide bonds. The van der Waals surface area contributed by atoms with Gasteiger partial charge in [-0.3, -0.25) is 9.69 Å². The van der Waals surface area contributed by atoms with Crippen molar-refractivity contribution in [3.63, 3.8) is 0 Å². The highest BCUT2D eigenvalue weighted by atomic mass is 16.2. The topological polar surface area (TPSA) is 42.1 Å². The van der Waals surface area contributed by atoms with Gasteiger partial charge < -0.3 is 20.0 Å². The van der Waals surface area contributed by atoms with Crippen molar-refractivity contribution >= 4 is 5.91 Å². The van der Waals surface area contributed by atoms with E-state index < -0.39 is 0 Å². The number of piperazine rings is 1. The maximum Gasteiger partial charge on any atom is 0.236 e. The van der Waals surface area contributed by atoms with Crippen LogP contribution in [-0.4, -0.2) is 105 Å². The number of rotatable bonds is 9. The van der Waals surface area contributed by atoms with Gasteiger partial charge in [0.25, 0.3) is 0 Å². The number of carbonyl (C=O) groups excluding carboxylic acids is 1. The van der Waals surface area contributed by atoms with Gasteiger partial charge in [-0.1, -0.05) is 6.58 Å². The number of likely N-dealkylation sites (N-methyl/N-ethyl adjacent to an activating group) is 2. The number of carbonyl (C=O) groups is 1. The van der Waals surface area contributed by atoms with Gasteiger partial charge in [0.05, 0.1) is 6.54 Å². The van der Waals surface area contributed by atoms with Gasteiger partial charge >= 0.3 is 0 Å². The molecular formula is C19H37N5O. The van der Waals surface area contributed by atoms with E-state index in [1.54, 1.807) is 6.20 Å². The molecule has 2 aliphatic rings. The first-order chi connectivity index (χ1) is 12.1. The molecule has 2 fully saturated rings. The lowest BCUT2D eigenvalue weighted by atomic mass is 9.97. The zero-order valence-electron chi connectivity index (χ0n) is 16.3. The predicted octanol–water partition coefficient (Wildman–Crippen LogP) is 0.527. The lowest BCUT2D eigenvalue weighted by Crippen LogP contribution is -2.51. The molecule has 2 saturated heterocycles. The highest BCUT2D eigenvalue weighted by Crippen LogP contribution is 2.14. The Morgan fingerprint density at radius 2 is 1.80 bits per heavy atom. The lowest BCUT2D eigenvalue weighted by molar-refractivity contribution is -0.132. The summed E-state index contributed by atoms with van der Waals surface area (Å²) >= 11 is 0. The van der Waals surface area contributed by atoms with Crippen LogP contribution in [0.15, 0.2) is 12.8 Å². The van der Waals surface area contributed by atoms with Gasteiger partial charge in [0.1, 0.15) is 0 Å². The average molecular weight is 352 g/mol. The largest absolute Gasteiger partial charge is 0.379 e. The van der Waals surface area contributed by atoms with Crippen molar-refractivity contribution in [3.05, 3.63) is 12.8 Å². The first-order valence-corrected chi connectivity index (χ1v) is 9.88. The fraction of sp³-hybridized carbons (Fsp3) is 0.842. The first kappa shape index (κ1) is 20.2. The summed E-state index contributed by atoms with van der Waals surface area (Å²) < 4.78 is 0. The zero-order chi connectivity index (χ0) is 18.1. The molecule has 0 saturated carbocycles. The molecule has 2 rings (SSSR count). The minimum absolute atomic E-state index is 0.256. The second kappa shape index (κ2) is 10.8. The van der Waals surface area contributed by atoms with E-state index in [9.17, 15) is 4.79 Å². The maximum atomic E-state index is 12.6. The monoisotopic (exact) mass is 351 g/mol. The molecular weight excluding hydrogens is 314 g/mol. The van der Waals surface area contributed by atoms with Gasteiger partial charge in [-0.2, -0.15) is 0 Å². The van der Waals surface area contributed by atoms with E-state index in [1.165, 1.54) is 32.5 Å². The van der Waals surface area contributed by atoms with E-state index in [2.05, 4.69) is 28.6 Å². The van der Waals surface area contributed by atoms with E-state index in [0.717, 1.165) is 51.7 Å². The molecule has 2 heterocycles. The molecule has 0 atom stereocenters. The van der Waals surface area contributed by atoms with Crippen LogP contribution in [0.5, 0.6) is 0 Å². The van der Waals surface area contributed by atoms with Crippen LogP contribution in [0.2, 0.25) is 0 Å². The molecule has 2 aliphatic heterocycles. The van der Waals surface area contributed by atoms with E-state index in [0.29, 0.717) is 6.54 Å². The molecule has 1 N–H and O–H groups in total. The van der Waals surface area contributed by atoms with Crippen molar-refractivity contribution in [2.45, 2.75) is 19.8 Å². The van der Waals surface area contributed by atoms with Crippen LogP contribution >= 0.6 is 0 Å². The number of piperidine rings is 1. The fourth-order valence-electron chi connectivity index (χ4n) is 3.68. The summed E-state index contributed by atoms with van der Waals surface area (Å²) in [5.74, 6) is 1.11. The van der Waals surface area contributed by atoms with Crippen molar-refractivity contribution < 1.29 is 4.79 Å². The van der Waals surface area contributed by atoms with Gasteiger partial charge in [-0.05, 0) is 45.0 Å². The summed E-state index contributed by atoms with van der Waals surface area (Å²) in [6.07, 6.45) is 4.42. The molecule has 0 aliphatic carbocycles. The number of hydrogen-bond donors (Lipinski definition) is 1. The summed E-state index contributed by atoms with van der Waals surface area (Å²) in [6, 6.07) is 0. The summed E-state index contributed by atoms with van der Waals surface area (Å²) in [5, 5.41) is 3.44. The highest BCUT2D eigenvalue weighted by Gasteiger charge is 2.23. The fourth-order valence-corrected chi connectivity index (χ4v) is 3.68. The molecule has 0 radical (unpaired) electrons. The van der Waals surface area contributed by atoms with Crippen molar-refractivity contribution in [3.8, 4) is 0 Å². The Balaban J connectivity index is 1.67. The SMILES string of the molecule is C=CN(C)CCN(CC)C(=O)CN1CCN(CC2CCNCC2)CC1. The normalized spacial score (nSPS) is 20.4. The molecule has 144 valence electrons. The number of nitrogens with zero attached hydrogens (tertiary/aromatic N) is 4. The Morgan fingerprint density at radius 3 is 2.40 bits per heavy atom. The van der Waals surface area contributed by atoms with E-state index >= 15 is 0 Å². The van der Waals surface area contributed by atoms with Crippen molar-refractivity contribution in [2.24, 2.45) is 5.92 Å². The molecule has 25 heavy (non-hydrogen) atoms. The lowest BCUT2D eigenvalue weighted by Gasteiger charge is -2.37. The van der Waals surface area contributed by atoms with Gasteiger partial charge in [0, 0.05) is 59.4 Å². The predicted molar refractivity (Wildman–Crippen MR) is 104 cm³/mol. The van der Waals surface area contributed by atoms with Crippen molar-refractivity contribution in [1.29, 1.82) is 0 Å². The molecule has 0 aromatic carbocycles. The second-order valence-corrected chi connectivity index (χ2v) is 7.41. The maximum absolute atomic E-state index is 12.6. The van der Waals surface area contributed by atoms with Crippen molar-refractivity contribution in [1.82, 2.24) is 24.9 Å². The minimum atomic E-state index is 0.256. The van der Waals surface area contributed by atoms with Crippen LogP contribution in [0.3, 0.4) is 0 Å². The summed E-state index contributed by atoms with van der Waals surface area (Å²) in [7, 11) is 1.99. The van der Waals surface area contributed by atoms with Gasteiger partial charge in [0.15, 0.2) is 0 Å². The Labute approximate surface area is 153 Å². The highest BCUT2D eigenvalue weighted by molar-refractivity contribution is 5.78. The molecule has 0 spiro atoms. The number of hydrogen-bond acceptors (Lipinski definition) is 5. The summed E-state index contributed by atoms with van der Waals surface area (Å²) in [4.78, 5) is 21.5. The molecule has 0 unspecified atom stereocenters. The second-order valence-electron chi connectivity index (χ2n) is 7.41. The molecule has 6 heteroatoms. The smallest absolute Gasteiger partial charge is 0.236 e. The van der Waals surface area contributed by atoms with Crippen LogP contribution in [0, 0.1) is 5.92 Å². The van der Waals surface area contributed by atoms with Gasteiger partial charge in [-0.15, -0.1) is 0 Å². The van der Waals surface area contributed by atoms with Crippen LogP contribution in [0.1, 0.15) is 19.8 Å². The third kappa shape index (κ3) is 6.96. The quantitative estimate of drug-likeness (QED) is 0.656. The molecule has 6 nitrogen and oxygen atoms in total. The van der Waals surface area contributed by atoms with Gasteiger partial charge in [-0.25, -0.2) is 0 Å². The third-order valence-electron chi connectivity index (χ3n) is 5.57. The zero-order valence-corrected chi connectivity index (χ0v) is 16.3. The van der Waals surface area contributed by atoms with E-state index in [1.807, 2.05) is 16.8 Å². The third-order valence-corrected chi connectivity index (χ3v) is 5.57. The number of nitrogens with one attached hydrogen (secondary N) is 1. The van der Waals surface area contributed by atoms with Crippen LogP contribution in [0.25, 0.3) is 0 Å². The van der Waals surface area contributed by atoms with Crippen LogP contribution in [-0.2, 0) is 4.79 Å². The Kier molecular flexibility index (Phi) is 8.72. The Bertz CT molecular complexity index is 403. The van der Waals surface area contributed by atoms with E-state index in [-0.39, 0.29) is 5.91 Å².